The van der Waals surface area contributed by atoms with Gasteiger partial charge in [0.15, 0.2) is 5.82 Å². The summed E-state index contributed by atoms with van der Waals surface area (Å²) in [5.41, 5.74) is 2.28. The van der Waals surface area contributed by atoms with E-state index < -0.39 is 16.4 Å². The number of anilines is 2. The summed E-state index contributed by atoms with van der Waals surface area (Å²) in [5.74, 6) is -0.354. The number of methoxy groups -OCH3 is 1. The van der Waals surface area contributed by atoms with Gasteiger partial charge in [0.25, 0.3) is 0 Å². The van der Waals surface area contributed by atoms with E-state index in [1.807, 2.05) is 13.8 Å². The number of nitrogens with zero attached hydrogens (tertiary/aromatic N) is 6. The largest absolute Gasteiger partial charge is 0.494 e. The van der Waals surface area contributed by atoms with E-state index >= 15 is 0 Å². The molecule has 0 saturated heterocycles. The summed E-state index contributed by atoms with van der Waals surface area (Å²) in [4.78, 5) is 19.1. The summed E-state index contributed by atoms with van der Waals surface area (Å²) >= 11 is 0. The van der Waals surface area contributed by atoms with Gasteiger partial charge in [-0.3, -0.25) is 10.1 Å². The molecule has 0 atom stereocenters. The normalized spacial score (nSPS) is 10.8. The molecule has 0 bridgehead atoms. The Bertz CT molecular complexity index is 1440. The number of ether oxygens (including phenoxy) is 1. The molecule has 0 aliphatic carbocycles. The van der Waals surface area contributed by atoms with Gasteiger partial charge >= 0.3 is 5.69 Å². The first-order valence-corrected chi connectivity index (χ1v) is 9.91. The molecule has 0 aliphatic heterocycles. The van der Waals surface area contributed by atoms with Gasteiger partial charge in [-0.15, -0.1) is 0 Å². The van der Waals surface area contributed by atoms with Gasteiger partial charge in [0, 0.05) is 29.3 Å². The molecule has 0 fully saturated rings. The summed E-state index contributed by atoms with van der Waals surface area (Å²) in [5, 5.41) is 28.8. The van der Waals surface area contributed by atoms with Crippen molar-refractivity contribution in [3.8, 4) is 17.6 Å². The van der Waals surface area contributed by atoms with Crippen molar-refractivity contribution >= 4 is 28.2 Å². The highest BCUT2D eigenvalue weighted by Crippen LogP contribution is 2.33. The van der Waals surface area contributed by atoms with Crippen molar-refractivity contribution in [2.75, 3.05) is 12.4 Å². The molecule has 0 amide bonds. The topological polar surface area (TPSA) is 132 Å². The molecule has 2 heterocycles. The van der Waals surface area contributed by atoms with E-state index in [1.165, 1.54) is 7.11 Å². The van der Waals surface area contributed by atoms with Crippen LogP contribution in [0.3, 0.4) is 0 Å². The molecule has 2 aromatic heterocycles. The first-order chi connectivity index (χ1) is 15.9. The predicted octanol–water partition coefficient (Wildman–Crippen LogP) is 4.36. The Labute approximate surface area is 187 Å². The minimum atomic E-state index is -1.01. The number of aryl methyl sites for hydroxylation is 2. The Morgan fingerprint density at radius 3 is 2.79 bits per heavy atom. The zero-order valence-corrected chi connectivity index (χ0v) is 18.0. The molecule has 0 aliphatic rings. The lowest BCUT2D eigenvalue weighted by Crippen LogP contribution is -2.08. The molecule has 10 nitrogen and oxygen atoms in total. The minimum absolute atomic E-state index is 0.0608. The molecule has 0 saturated carbocycles. The van der Waals surface area contributed by atoms with Crippen molar-refractivity contribution in [3.63, 3.8) is 0 Å². The van der Waals surface area contributed by atoms with Gasteiger partial charge in [0.2, 0.25) is 11.8 Å². The van der Waals surface area contributed by atoms with E-state index in [9.17, 15) is 19.8 Å². The maximum absolute atomic E-state index is 14.0. The maximum atomic E-state index is 14.0. The van der Waals surface area contributed by atoms with Gasteiger partial charge in [0.05, 0.1) is 40.6 Å². The van der Waals surface area contributed by atoms with Crippen molar-refractivity contribution in [2.24, 2.45) is 0 Å². The number of nitriles is 1. The van der Waals surface area contributed by atoms with E-state index in [4.69, 9.17) is 4.74 Å². The number of nitrogens with one attached hydrogen (secondary N) is 1. The number of nitro groups is 1. The van der Waals surface area contributed by atoms with Crippen LogP contribution < -0.4 is 10.1 Å². The molecule has 4 aromatic rings. The Kier molecular flexibility index (Phi) is 5.58. The quantitative estimate of drug-likeness (QED) is 0.341. The van der Waals surface area contributed by atoms with Crippen LogP contribution in [-0.4, -0.2) is 31.8 Å². The number of hydrogen-bond donors (Lipinski definition) is 1. The van der Waals surface area contributed by atoms with Crippen LogP contribution in [0.1, 0.15) is 23.7 Å². The Morgan fingerprint density at radius 2 is 2.12 bits per heavy atom. The van der Waals surface area contributed by atoms with Crippen LogP contribution in [0.5, 0.6) is 5.75 Å². The zero-order chi connectivity index (χ0) is 23.7. The second kappa shape index (κ2) is 8.51. The smallest absolute Gasteiger partial charge is 0.307 e. The van der Waals surface area contributed by atoms with Gasteiger partial charge in [-0.2, -0.15) is 19.7 Å². The molecular weight excluding hydrogens is 429 g/mol. The highest BCUT2D eigenvalue weighted by molar-refractivity contribution is 5.85. The fraction of sp³-hybridized carbons (Fsp3) is 0.182. The third-order valence-corrected chi connectivity index (χ3v) is 5.08. The van der Waals surface area contributed by atoms with Crippen LogP contribution in [0.15, 0.2) is 36.5 Å². The number of rotatable bonds is 6. The summed E-state index contributed by atoms with van der Waals surface area (Å²) in [6.45, 7) is 3.80. The third kappa shape index (κ3) is 3.89. The second-order valence-electron chi connectivity index (χ2n) is 7.14. The van der Waals surface area contributed by atoms with E-state index in [0.29, 0.717) is 17.8 Å². The molecule has 0 unspecified atom stereocenters. The number of halogens is 1. The van der Waals surface area contributed by atoms with Gasteiger partial charge in [-0.05, 0) is 31.5 Å². The predicted molar refractivity (Wildman–Crippen MR) is 118 cm³/mol. The molecule has 33 heavy (non-hydrogen) atoms. The third-order valence-electron chi connectivity index (χ3n) is 5.08. The lowest BCUT2D eigenvalue weighted by atomic mass is 10.1. The number of hydrogen-bond acceptors (Lipinski definition) is 8. The van der Waals surface area contributed by atoms with Crippen molar-refractivity contribution in [1.29, 1.82) is 5.26 Å². The minimum Gasteiger partial charge on any atom is -0.494 e. The number of aromatic nitrogens is 4. The molecule has 0 spiro atoms. The monoisotopic (exact) mass is 447 g/mol. The Balaban J connectivity index is 1.82. The molecule has 166 valence electrons. The Hall–Kier alpha value is -4.59. The standard InChI is InChI=1S/C22H18FN7O3/c1-4-16-14-7-13(10-24)5-6-18(14)29(28-16)21-12(2)11-25-22(27-21)26-17-9-19(30(31)32)15(23)8-20(17)33-3/h5-9,11H,4H2,1-3H3,(H,25,26,27). The number of benzene rings is 2. The molecule has 0 radical (unpaired) electrons. The van der Waals surface area contributed by atoms with E-state index in [0.717, 1.165) is 34.3 Å². The van der Waals surface area contributed by atoms with Crippen LogP contribution >= 0.6 is 0 Å². The van der Waals surface area contributed by atoms with Crippen molar-refractivity contribution in [3.05, 3.63) is 69.3 Å². The molecule has 2 aromatic carbocycles. The van der Waals surface area contributed by atoms with Gasteiger partial charge in [-0.1, -0.05) is 6.92 Å². The first-order valence-electron chi connectivity index (χ1n) is 9.91. The lowest BCUT2D eigenvalue weighted by molar-refractivity contribution is -0.387. The van der Waals surface area contributed by atoms with Crippen LogP contribution in [0.2, 0.25) is 0 Å². The number of fused-ring (bicyclic) bond motifs is 1. The summed E-state index contributed by atoms with van der Waals surface area (Å²) in [7, 11) is 1.32. The van der Waals surface area contributed by atoms with Crippen LogP contribution in [0.25, 0.3) is 16.7 Å². The fourth-order valence-electron chi connectivity index (χ4n) is 3.45. The Morgan fingerprint density at radius 1 is 1.33 bits per heavy atom. The van der Waals surface area contributed by atoms with Gasteiger partial charge in [-0.25, -0.2) is 9.67 Å². The van der Waals surface area contributed by atoms with Crippen LogP contribution in [0, 0.1) is 34.2 Å². The fourth-order valence-corrected chi connectivity index (χ4v) is 3.45. The summed E-state index contributed by atoms with van der Waals surface area (Å²) in [6.07, 6.45) is 2.24. The second-order valence-corrected chi connectivity index (χ2v) is 7.14. The van der Waals surface area contributed by atoms with E-state index in [1.54, 1.807) is 29.1 Å². The van der Waals surface area contributed by atoms with Crippen LogP contribution in [0.4, 0.5) is 21.7 Å². The zero-order valence-electron chi connectivity index (χ0n) is 18.0. The average Bonchev–Trinajstić information content (AvgIpc) is 3.18. The van der Waals surface area contributed by atoms with Crippen molar-refractivity contribution in [1.82, 2.24) is 19.7 Å². The van der Waals surface area contributed by atoms with Gasteiger partial charge in [0.1, 0.15) is 5.75 Å². The summed E-state index contributed by atoms with van der Waals surface area (Å²) in [6, 6.07) is 9.39. The van der Waals surface area contributed by atoms with Gasteiger partial charge < -0.3 is 10.1 Å². The SMILES string of the molecule is CCc1nn(-c2nc(Nc3cc([N+](=O)[O-])c(F)cc3OC)ncc2C)c2ccc(C#N)cc12. The average molecular weight is 447 g/mol. The lowest BCUT2D eigenvalue weighted by Gasteiger charge is -2.12. The van der Waals surface area contributed by atoms with Crippen molar-refractivity contribution in [2.45, 2.75) is 20.3 Å². The molecule has 1 N–H and O–H groups in total. The summed E-state index contributed by atoms with van der Waals surface area (Å²) < 4.78 is 20.8. The number of nitro benzene ring substituents is 1. The highest BCUT2D eigenvalue weighted by atomic mass is 19.1. The molecular formula is C22H18FN7O3. The van der Waals surface area contributed by atoms with Crippen molar-refractivity contribution < 1.29 is 14.1 Å². The van der Waals surface area contributed by atoms with E-state index in [2.05, 4.69) is 26.5 Å². The molecule has 4 rings (SSSR count). The maximum Gasteiger partial charge on any atom is 0.307 e. The first kappa shape index (κ1) is 21.6. The van der Waals surface area contributed by atoms with E-state index in [-0.39, 0.29) is 17.4 Å². The highest BCUT2D eigenvalue weighted by Gasteiger charge is 2.20. The molecule has 11 heteroatoms. The van der Waals surface area contributed by atoms with Crippen LogP contribution in [-0.2, 0) is 6.42 Å².